The van der Waals surface area contributed by atoms with Crippen molar-refractivity contribution in [1.29, 1.82) is 0 Å². The molecule has 1 atom stereocenters. The van der Waals surface area contributed by atoms with E-state index >= 15 is 0 Å². The van der Waals surface area contributed by atoms with Crippen LogP contribution in [0.4, 0.5) is 4.39 Å². The Balaban J connectivity index is 1.46. The van der Waals surface area contributed by atoms with Gasteiger partial charge in [-0.1, -0.05) is 19.1 Å². The van der Waals surface area contributed by atoms with Crippen molar-refractivity contribution >= 4 is 5.96 Å². The number of halogens is 1. The molecule has 0 bridgehead atoms. The molecular formula is C23H38FN5O. The Kier molecular flexibility index (Phi) is 9.36. The summed E-state index contributed by atoms with van der Waals surface area (Å²) >= 11 is 0. The average molecular weight is 420 g/mol. The molecule has 7 heteroatoms. The summed E-state index contributed by atoms with van der Waals surface area (Å²) < 4.78 is 18.9. The third-order valence-corrected chi connectivity index (χ3v) is 6.25. The number of likely N-dealkylation sites (tertiary alicyclic amines) is 1. The second-order valence-corrected chi connectivity index (χ2v) is 8.47. The number of hydrogen-bond acceptors (Lipinski definition) is 4. The summed E-state index contributed by atoms with van der Waals surface area (Å²) in [6.45, 7) is 10.8. The van der Waals surface area contributed by atoms with Crippen molar-refractivity contribution in [3.05, 3.63) is 35.6 Å². The van der Waals surface area contributed by atoms with Crippen LogP contribution in [-0.2, 0) is 4.74 Å². The highest BCUT2D eigenvalue weighted by Gasteiger charge is 2.23. The lowest BCUT2D eigenvalue weighted by atomic mass is 9.99. The van der Waals surface area contributed by atoms with E-state index < -0.39 is 0 Å². The number of morpholine rings is 1. The Morgan fingerprint density at radius 2 is 1.83 bits per heavy atom. The van der Waals surface area contributed by atoms with E-state index in [-0.39, 0.29) is 11.9 Å². The molecule has 1 aromatic carbocycles. The summed E-state index contributed by atoms with van der Waals surface area (Å²) in [6.07, 6.45) is 3.76. The van der Waals surface area contributed by atoms with Crippen LogP contribution < -0.4 is 10.6 Å². The molecule has 0 spiro atoms. The van der Waals surface area contributed by atoms with Crippen molar-refractivity contribution in [2.45, 2.75) is 32.2 Å². The van der Waals surface area contributed by atoms with E-state index in [0.29, 0.717) is 0 Å². The average Bonchev–Trinajstić information content (AvgIpc) is 2.78. The molecule has 0 aliphatic carbocycles. The summed E-state index contributed by atoms with van der Waals surface area (Å²) in [5, 5.41) is 6.92. The highest BCUT2D eigenvalue weighted by Crippen LogP contribution is 2.21. The first-order chi connectivity index (χ1) is 14.7. The Morgan fingerprint density at radius 3 is 2.50 bits per heavy atom. The summed E-state index contributed by atoms with van der Waals surface area (Å²) in [6, 6.07) is 7.00. The SMILES string of the molecule is CN=C(NCCCN1CCC(C)CC1)NCC(c1ccc(F)cc1)N1CCOCC1. The molecule has 2 saturated heterocycles. The van der Waals surface area contributed by atoms with Gasteiger partial charge >= 0.3 is 0 Å². The predicted octanol–water partition coefficient (Wildman–Crippen LogP) is 2.49. The van der Waals surface area contributed by atoms with E-state index in [4.69, 9.17) is 4.74 Å². The van der Waals surface area contributed by atoms with Crippen LogP contribution in [0.25, 0.3) is 0 Å². The molecule has 1 aromatic rings. The molecule has 2 heterocycles. The molecule has 0 aromatic heterocycles. The van der Waals surface area contributed by atoms with E-state index in [1.54, 1.807) is 0 Å². The molecule has 2 fully saturated rings. The molecule has 6 nitrogen and oxygen atoms in total. The maximum absolute atomic E-state index is 13.4. The minimum atomic E-state index is -0.201. The number of nitrogens with one attached hydrogen (secondary N) is 2. The van der Waals surface area contributed by atoms with Crippen LogP contribution in [0.5, 0.6) is 0 Å². The lowest BCUT2D eigenvalue weighted by molar-refractivity contribution is 0.0170. The van der Waals surface area contributed by atoms with E-state index in [2.05, 4.69) is 32.3 Å². The zero-order valence-corrected chi connectivity index (χ0v) is 18.6. The van der Waals surface area contributed by atoms with Crippen LogP contribution in [0.2, 0.25) is 0 Å². The second-order valence-electron chi connectivity index (χ2n) is 8.47. The molecular weight excluding hydrogens is 381 g/mol. The Bertz CT molecular complexity index is 639. The Morgan fingerprint density at radius 1 is 1.13 bits per heavy atom. The van der Waals surface area contributed by atoms with Crippen molar-refractivity contribution in [2.24, 2.45) is 10.9 Å². The van der Waals surface area contributed by atoms with Gasteiger partial charge in [-0.2, -0.15) is 0 Å². The topological polar surface area (TPSA) is 52.1 Å². The van der Waals surface area contributed by atoms with Gasteiger partial charge in [-0.3, -0.25) is 9.89 Å². The van der Waals surface area contributed by atoms with Gasteiger partial charge in [-0.25, -0.2) is 4.39 Å². The summed E-state index contributed by atoms with van der Waals surface area (Å²) in [5.74, 6) is 1.50. The molecule has 2 N–H and O–H groups in total. The number of nitrogens with zero attached hydrogens (tertiary/aromatic N) is 3. The molecule has 1 unspecified atom stereocenters. The minimum absolute atomic E-state index is 0.156. The molecule has 2 aliphatic rings. The summed E-state index contributed by atoms with van der Waals surface area (Å²) in [4.78, 5) is 9.35. The van der Waals surface area contributed by atoms with Crippen LogP contribution in [0.1, 0.15) is 37.8 Å². The monoisotopic (exact) mass is 419 g/mol. The fourth-order valence-electron chi connectivity index (χ4n) is 4.24. The molecule has 3 rings (SSSR count). The fraction of sp³-hybridized carbons (Fsp3) is 0.696. The van der Waals surface area contributed by atoms with Crippen molar-refractivity contribution in [3.63, 3.8) is 0 Å². The van der Waals surface area contributed by atoms with Gasteiger partial charge in [0.1, 0.15) is 5.82 Å². The van der Waals surface area contributed by atoms with Gasteiger partial charge < -0.3 is 20.3 Å². The molecule has 2 aliphatic heterocycles. The standard InChI is InChI=1S/C23H38FN5O/c1-19-8-12-28(13-9-19)11-3-10-26-23(25-2)27-18-22(29-14-16-30-17-15-29)20-4-6-21(24)7-5-20/h4-7,19,22H,3,8-18H2,1-2H3,(H2,25,26,27). The van der Waals surface area contributed by atoms with Crippen molar-refractivity contribution in [3.8, 4) is 0 Å². The second kappa shape index (κ2) is 12.2. The van der Waals surface area contributed by atoms with E-state index in [9.17, 15) is 4.39 Å². The van der Waals surface area contributed by atoms with Crippen molar-refractivity contribution in [2.75, 3.05) is 66.1 Å². The normalized spacial score (nSPS) is 20.8. The number of rotatable bonds is 8. The van der Waals surface area contributed by atoms with Crippen molar-refractivity contribution in [1.82, 2.24) is 20.4 Å². The summed E-state index contributed by atoms with van der Waals surface area (Å²) in [5.41, 5.74) is 1.11. The van der Waals surface area contributed by atoms with Crippen LogP contribution >= 0.6 is 0 Å². The lowest BCUT2D eigenvalue weighted by Crippen LogP contribution is -2.46. The van der Waals surface area contributed by atoms with Crippen LogP contribution in [0, 0.1) is 11.7 Å². The quantitative estimate of drug-likeness (QED) is 0.385. The third kappa shape index (κ3) is 7.22. The first-order valence-corrected chi connectivity index (χ1v) is 11.4. The number of aliphatic imine (C=N–C) groups is 1. The predicted molar refractivity (Wildman–Crippen MR) is 120 cm³/mol. The Labute approximate surface area is 180 Å². The number of piperidine rings is 1. The number of hydrogen-bond donors (Lipinski definition) is 2. The zero-order valence-electron chi connectivity index (χ0n) is 18.6. The fourth-order valence-corrected chi connectivity index (χ4v) is 4.24. The minimum Gasteiger partial charge on any atom is -0.379 e. The van der Waals surface area contributed by atoms with Crippen LogP contribution in [0.15, 0.2) is 29.3 Å². The Hall–Kier alpha value is -1.70. The van der Waals surface area contributed by atoms with Crippen LogP contribution in [-0.4, -0.2) is 81.8 Å². The molecule has 168 valence electrons. The van der Waals surface area contributed by atoms with Gasteiger partial charge in [-0.15, -0.1) is 0 Å². The maximum atomic E-state index is 13.4. The van der Waals surface area contributed by atoms with Crippen LogP contribution in [0.3, 0.4) is 0 Å². The van der Waals surface area contributed by atoms with Gasteiger partial charge in [0.25, 0.3) is 0 Å². The maximum Gasteiger partial charge on any atom is 0.191 e. The summed E-state index contributed by atoms with van der Waals surface area (Å²) in [7, 11) is 1.81. The van der Waals surface area contributed by atoms with Gasteiger partial charge in [0.05, 0.1) is 19.3 Å². The van der Waals surface area contributed by atoms with E-state index in [0.717, 1.165) is 69.8 Å². The van der Waals surface area contributed by atoms with E-state index in [1.165, 1.54) is 38.1 Å². The zero-order chi connectivity index (χ0) is 21.2. The van der Waals surface area contributed by atoms with Gasteiger partial charge in [0.2, 0.25) is 0 Å². The first kappa shape index (κ1) is 23.0. The number of ether oxygens (including phenoxy) is 1. The number of guanidine groups is 1. The molecule has 0 radical (unpaired) electrons. The molecule has 0 amide bonds. The highest BCUT2D eigenvalue weighted by molar-refractivity contribution is 5.79. The highest BCUT2D eigenvalue weighted by atomic mass is 19.1. The molecule has 30 heavy (non-hydrogen) atoms. The number of benzene rings is 1. The lowest BCUT2D eigenvalue weighted by Gasteiger charge is -2.35. The van der Waals surface area contributed by atoms with Crippen molar-refractivity contribution < 1.29 is 9.13 Å². The first-order valence-electron chi connectivity index (χ1n) is 11.4. The van der Waals surface area contributed by atoms with Gasteiger partial charge in [-0.05, 0) is 62.5 Å². The van der Waals surface area contributed by atoms with Gasteiger partial charge in [0.15, 0.2) is 5.96 Å². The largest absolute Gasteiger partial charge is 0.379 e. The van der Waals surface area contributed by atoms with Gasteiger partial charge in [0, 0.05) is 33.2 Å². The third-order valence-electron chi connectivity index (χ3n) is 6.25. The molecule has 0 saturated carbocycles. The van der Waals surface area contributed by atoms with E-state index in [1.807, 2.05) is 19.2 Å². The smallest absolute Gasteiger partial charge is 0.191 e.